The topological polar surface area (TPSA) is 43.6 Å². The molecule has 0 unspecified atom stereocenters. The molecule has 80 heavy (non-hydrogen) atoms. The van der Waals surface area contributed by atoms with Gasteiger partial charge in [-0.15, -0.1) is 0 Å². The molecule has 4 nitrogen and oxygen atoms in total. The van der Waals surface area contributed by atoms with E-state index in [2.05, 4.69) is 264 Å². The van der Waals surface area contributed by atoms with Gasteiger partial charge in [-0.2, -0.15) is 0 Å². The average molecular weight is 1050 g/mol. The van der Waals surface area contributed by atoms with Crippen molar-refractivity contribution in [3.05, 3.63) is 288 Å². The van der Waals surface area contributed by atoms with Crippen LogP contribution < -0.4 is 20.7 Å². The lowest BCUT2D eigenvalue weighted by atomic mass is 9.92. The van der Waals surface area contributed by atoms with Gasteiger partial charge in [-0.25, -0.2) is 15.0 Å². The summed E-state index contributed by atoms with van der Waals surface area (Å²) < 4.78 is 2.48. The Bertz CT molecular complexity index is 4140. The number of rotatable bonds is 11. The quantitative estimate of drug-likeness (QED) is 0.0958. The highest BCUT2D eigenvalue weighted by Gasteiger charge is 2.41. The fourth-order valence-corrected chi connectivity index (χ4v) is 17.7. The zero-order valence-electron chi connectivity index (χ0n) is 46.0. The minimum Gasteiger partial charge on any atom is -0.308 e. The fraction of sp³-hybridized carbons (Fsp3) is 0.0800. The van der Waals surface area contributed by atoms with Crippen molar-refractivity contribution in [3.8, 4) is 73.2 Å². The largest absolute Gasteiger partial charge is 0.308 e. The molecule has 2 aromatic heterocycles. The van der Waals surface area contributed by atoms with Gasteiger partial charge in [0.05, 0.1) is 16.7 Å². The van der Waals surface area contributed by atoms with Crippen molar-refractivity contribution < 1.29 is 0 Å². The lowest BCUT2D eigenvalue weighted by Crippen LogP contribution is -2.74. The van der Waals surface area contributed by atoms with Crippen LogP contribution in [0.1, 0.15) is 33.4 Å². The van der Waals surface area contributed by atoms with E-state index in [0.717, 1.165) is 44.5 Å². The van der Waals surface area contributed by atoms with Crippen molar-refractivity contribution in [1.82, 2.24) is 19.5 Å². The lowest BCUT2D eigenvalue weighted by Gasteiger charge is -2.34. The smallest absolute Gasteiger partial charge is 0.179 e. The molecular weight excluding hydrogens is 985 g/mol. The highest BCUT2D eigenvalue weighted by atomic mass is 28.3. The van der Waals surface area contributed by atoms with Crippen LogP contribution in [0.15, 0.2) is 255 Å². The minimum atomic E-state index is -2.87. The minimum absolute atomic E-state index is 0.588. The fourth-order valence-electron chi connectivity index (χ4n) is 12.9. The highest BCUT2D eigenvalue weighted by Crippen LogP contribution is 2.42. The molecule has 0 N–H and O–H groups in total. The van der Waals surface area contributed by atoms with Gasteiger partial charge in [-0.1, -0.05) is 242 Å². The number of hydrogen-bond acceptors (Lipinski definition) is 3. The molecule has 0 fully saturated rings. The van der Waals surface area contributed by atoms with Crippen LogP contribution in [0.25, 0.3) is 95.0 Å². The van der Waals surface area contributed by atoms with Gasteiger partial charge in [-0.3, -0.25) is 0 Å². The number of hydrogen-bond donors (Lipinski definition) is 0. The summed E-state index contributed by atoms with van der Waals surface area (Å²) >= 11 is 0. The standard InChI is InChI=1S/C75H60N4Si/c1-49-41-51(3)71(52(4)42-49)59-35-38-65-66-39-36-60(72-53(5)43-50(2)44-54(72)6)48-70(66)79(69(65)47-59)68-40-37-58(46-67(68)75-77-73(55-23-12-7-13-24-55)76-74(78-75)56-25-14-8-15-26-56)57-27-22-34-64(45-57)80(61-28-16-9-17-29-61,62-30-18-10-19-31-62)63-32-20-11-21-33-63/h7-48H,1-6H3. The van der Waals surface area contributed by atoms with Gasteiger partial charge in [0.15, 0.2) is 25.5 Å². The Balaban J connectivity index is 1.12. The monoisotopic (exact) mass is 1040 g/mol. The Hall–Kier alpha value is -9.55. The van der Waals surface area contributed by atoms with E-state index in [4.69, 9.17) is 15.0 Å². The van der Waals surface area contributed by atoms with Crippen molar-refractivity contribution in [2.45, 2.75) is 41.5 Å². The molecule has 13 rings (SSSR count). The van der Waals surface area contributed by atoms with E-state index in [9.17, 15) is 0 Å². The number of aromatic nitrogens is 4. The van der Waals surface area contributed by atoms with E-state index in [0.29, 0.717) is 17.5 Å². The van der Waals surface area contributed by atoms with Crippen LogP contribution in [-0.2, 0) is 0 Å². The van der Waals surface area contributed by atoms with Crippen LogP contribution in [-0.4, -0.2) is 27.6 Å². The van der Waals surface area contributed by atoms with Crippen molar-refractivity contribution in [1.29, 1.82) is 0 Å². The van der Waals surface area contributed by atoms with Gasteiger partial charge in [0.2, 0.25) is 0 Å². The van der Waals surface area contributed by atoms with Crippen molar-refractivity contribution in [3.63, 3.8) is 0 Å². The second kappa shape index (κ2) is 20.7. The summed E-state index contributed by atoms with van der Waals surface area (Å²) in [4.78, 5) is 16.2. The van der Waals surface area contributed by atoms with Crippen molar-refractivity contribution >= 4 is 50.6 Å². The molecule has 13 aromatic rings. The molecule has 384 valence electrons. The molecular formula is C75H60N4Si. The van der Waals surface area contributed by atoms with Gasteiger partial charge < -0.3 is 4.57 Å². The average Bonchev–Trinajstić information content (AvgIpc) is 3.96. The van der Waals surface area contributed by atoms with Crippen LogP contribution in [0.3, 0.4) is 0 Å². The molecule has 0 aliphatic rings. The molecule has 0 bridgehead atoms. The number of fused-ring (bicyclic) bond motifs is 3. The summed E-state index contributed by atoms with van der Waals surface area (Å²) in [6, 6.07) is 93.6. The summed E-state index contributed by atoms with van der Waals surface area (Å²) in [5, 5.41) is 7.63. The summed E-state index contributed by atoms with van der Waals surface area (Å²) in [7, 11) is -2.87. The predicted octanol–water partition coefficient (Wildman–Crippen LogP) is 16.2. The van der Waals surface area contributed by atoms with E-state index in [1.165, 1.54) is 87.2 Å². The van der Waals surface area contributed by atoms with Crippen molar-refractivity contribution in [2.24, 2.45) is 0 Å². The van der Waals surface area contributed by atoms with Crippen LogP contribution in [0.5, 0.6) is 0 Å². The lowest BCUT2D eigenvalue weighted by molar-refractivity contribution is 1.06. The first-order valence-corrected chi connectivity index (χ1v) is 29.7. The van der Waals surface area contributed by atoms with Gasteiger partial charge in [0.25, 0.3) is 0 Å². The zero-order chi connectivity index (χ0) is 54.5. The molecule has 0 aliphatic heterocycles. The van der Waals surface area contributed by atoms with Gasteiger partial charge >= 0.3 is 0 Å². The molecule has 0 spiro atoms. The van der Waals surface area contributed by atoms with E-state index in [1.807, 2.05) is 36.4 Å². The third-order valence-corrected chi connectivity index (χ3v) is 20.9. The van der Waals surface area contributed by atoms with Crippen LogP contribution in [0.4, 0.5) is 0 Å². The summed E-state index contributed by atoms with van der Waals surface area (Å²) in [5.41, 5.74) is 20.5. The Morgan fingerprint density at radius 2 is 0.650 bits per heavy atom. The Kier molecular flexibility index (Phi) is 12.9. The summed E-state index contributed by atoms with van der Waals surface area (Å²) in [5.74, 6) is 1.81. The first-order valence-electron chi connectivity index (χ1n) is 27.7. The molecule has 2 heterocycles. The van der Waals surface area contributed by atoms with Crippen molar-refractivity contribution in [2.75, 3.05) is 0 Å². The Labute approximate surface area is 470 Å². The van der Waals surface area contributed by atoms with E-state index >= 15 is 0 Å². The Morgan fingerprint density at radius 3 is 1.09 bits per heavy atom. The molecule has 0 saturated heterocycles. The molecule has 11 aromatic carbocycles. The summed E-state index contributed by atoms with van der Waals surface area (Å²) in [6.45, 7) is 13.3. The van der Waals surface area contributed by atoms with Crippen LogP contribution in [0, 0.1) is 41.5 Å². The highest BCUT2D eigenvalue weighted by molar-refractivity contribution is 7.19. The van der Waals surface area contributed by atoms with E-state index < -0.39 is 8.07 Å². The summed E-state index contributed by atoms with van der Waals surface area (Å²) in [6.07, 6.45) is 0. The predicted molar refractivity (Wildman–Crippen MR) is 339 cm³/mol. The molecule has 0 saturated carbocycles. The Morgan fingerprint density at radius 1 is 0.287 bits per heavy atom. The van der Waals surface area contributed by atoms with Crippen LogP contribution >= 0.6 is 0 Å². The number of benzene rings is 11. The maximum Gasteiger partial charge on any atom is 0.179 e. The van der Waals surface area contributed by atoms with E-state index in [-0.39, 0.29) is 0 Å². The number of nitrogens with zero attached hydrogens (tertiary/aromatic N) is 4. The first-order chi connectivity index (χ1) is 39.1. The van der Waals surface area contributed by atoms with Gasteiger partial charge in [0.1, 0.15) is 0 Å². The third kappa shape index (κ3) is 8.86. The molecule has 0 radical (unpaired) electrons. The van der Waals surface area contributed by atoms with Gasteiger partial charge in [0, 0.05) is 27.5 Å². The molecule has 0 amide bonds. The first kappa shape index (κ1) is 50.0. The van der Waals surface area contributed by atoms with Crippen LogP contribution in [0.2, 0.25) is 0 Å². The number of aryl methyl sites for hydroxylation is 6. The second-order valence-corrected chi connectivity index (χ2v) is 25.4. The maximum atomic E-state index is 5.51. The third-order valence-electron chi connectivity index (χ3n) is 16.1. The normalized spacial score (nSPS) is 11.6. The zero-order valence-corrected chi connectivity index (χ0v) is 47.0. The SMILES string of the molecule is Cc1cc(C)c(-c2ccc3c4ccc(-c5c(C)cc(C)cc5C)cc4n(-c4ccc(-c5cccc([Si](c6ccccc6)(c6ccccc6)c6ccccc6)c5)cc4-c4nc(-c5ccccc5)nc(-c5ccccc5)n4)c3c2)c(C)c1. The maximum absolute atomic E-state index is 5.51. The second-order valence-electron chi connectivity index (χ2n) is 21.5. The molecule has 5 heteroatoms. The van der Waals surface area contributed by atoms with E-state index in [1.54, 1.807) is 0 Å². The molecule has 0 atom stereocenters. The molecule has 0 aliphatic carbocycles. The van der Waals surface area contributed by atoms with Gasteiger partial charge in [-0.05, 0) is 142 Å².